The molecule has 1 fully saturated rings. The van der Waals surface area contributed by atoms with E-state index < -0.39 is 5.60 Å². The minimum atomic E-state index is -0.659. The molecule has 1 rings (SSSR count). The van der Waals surface area contributed by atoms with E-state index in [9.17, 15) is 5.11 Å². The highest BCUT2D eigenvalue weighted by Gasteiger charge is 2.39. The molecule has 90 valence electrons. The number of hydrogen-bond donors (Lipinski definition) is 1. The van der Waals surface area contributed by atoms with Crippen LogP contribution in [-0.2, 0) is 4.74 Å². The summed E-state index contributed by atoms with van der Waals surface area (Å²) in [5, 5.41) is 10.4. The number of ether oxygens (including phenoxy) is 1. The lowest BCUT2D eigenvalue weighted by Gasteiger charge is -2.40. The van der Waals surface area contributed by atoms with E-state index in [-0.39, 0.29) is 6.10 Å². The van der Waals surface area contributed by atoms with Crippen molar-refractivity contribution in [1.29, 1.82) is 0 Å². The van der Waals surface area contributed by atoms with E-state index in [0.29, 0.717) is 5.92 Å². The molecular formula is C13H26O2. The molecule has 0 bridgehead atoms. The summed E-state index contributed by atoms with van der Waals surface area (Å²) in [5.74, 6) is 1.30. The highest BCUT2D eigenvalue weighted by molar-refractivity contribution is 4.90. The van der Waals surface area contributed by atoms with E-state index in [2.05, 4.69) is 6.92 Å². The molecule has 15 heavy (non-hydrogen) atoms. The average molecular weight is 214 g/mol. The van der Waals surface area contributed by atoms with Crippen LogP contribution < -0.4 is 0 Å². The summed E-state index contributed by atoms with van der Waals surface area (Å²) in [7, 11) is 1.68. The Labute approximate surface area is 94.0 Å². The summed E-state index contributed by atoms with van der Waals surface area (Å²) in [5.41, 5.74) is -0.659. The van der Waals surface area contributed by atoms with Crippen LogP contribution in [0.5, 0.6) is 0 Å². The van der Waals surface area contributed by atoms with Crippen molar-refractivity contribution < 1.29 is 9.84 Å². The van der Waals surface area contributed by atoms with Gasteiger partial charge in [0.05, 0.1) is 11.7 Å². The van der Waals surface area contributed by atoms with Crippen molar-refractivity contribution in [3.63, 3.8) is 0 Å². The topological polar surface area (TPSA) is 29.5 Å². The van der Waals surface area contributed by atoms with Gasteiger partial charge in [0.1, 0.15) is 0 Å². The lowest BCUT2D eigenvalue weighted by molar-refractivity contribution is -0.118. The summed E-state index contributed by atoms with van der Waals surface area (Å²) in [6.07, 6.45) is 6.06. The van der Waals surface area contributed by atoms with Gasteiger partial charge >= 0.3 is 0 Å². The minimum Gasteiger partial charge on any atom is -0.387 e. The maximum atomic E-state index is 10.4. The quantitative estimate of drug-likeness (QED) is 0.779. The second kappa shape index (κ2) is 5.31. The molecule has 0 saturated heterocycles. The SMILES string of the molecule is CCC1CCC(C(C)(O)C(C)OC)CC1. The molecule has 0 amide bonds. The third-order valence-electron chi connectivity index (χ3n) is 4.43. The van der Waals surface area contributed by atoms with E-state index >= 15 is 0 Å². The molecule has 0 radical (unpaired) electrons. The van der Waals surface area contributed by atoms with Crippen molar-refractivity contribution in [3.05, 3.63) is 0 Å². The summed E-state index contributed by atoms with van der Waals surface area (Å²) < 4.78 is 5.27. The van der Waals surface area contributed by atoms with Crippen LogP contribution in [0.4, 0.5) is 0 Å². The zero-order valence-corrected chi connectivity index (χ0v) is 10.6. The molecular weight excluding hydrogens is 188 g/mol. The molecule has 1 saturated carbocycles. The van der Waals surface area contributed by atoms with Crippen LogP contribution in [0.3, 0.4) is 0 Å². The van der Waals surface area contributed by atoms with E-state index in [1.807, 2.05) is 13.8 Å². The van der Waals surface area contributed by atoms with E-state index in [1.165, 1.54) is 19.3 Å². The standard InChI is InChI=1S/C13H26O2/c1-5-11-6-8-12(9-7-11)13(3,14)10(2)15-4/h10-12,14H,5-9H2,1-4H3. The van der Waals surface area contributed by atoms with Crippen LogP contribution in [0.1, 0.15) is 52.9 Å². The highest BCUT2D eigenvalue weighted by atomic mass is 16.5. The lowest BCUT2D eigenvalue weighted by atomic mass is 9.72. The molecule has 0 aromatic rings. The zero-order valence-electron chi connectivity index (χ0n) is 10.6. The van der Waals surface area contributed by atoms with Gasteiger partial charge in [-0.2, -0.15) is 0 Å². The predicted molar refractivity (Wildman–Crippen MR) is 62.8 cm³/mol. The molecule has 2 atom stereocenters. The van der Waals surface area contributed by atoms with Crippen molar-refractivity contribution in [1.82, 2.24) is 0 Å². The Hall–Kier alpha value is -0.0800. The summed E-state index contributed by atoms with van der Waals surface area (Å²) in [4.78, 5) is 0. The number of rotatable bonds is 4. The number of methoxy groups -OCH3 is 1. The fraction of sp³-hybridized carbons (Fsp3) is 1.00. The molecule has 0 aromatic carbocycles. The largest absolute Gasteiger partial charge is 0.387 e. The second-order valence-electron chi connectivity index (χ2n) is 5.23. The second-order valence-corrected chi connectivity index (χ2v) is 5.23. The molecule has 2 nitrogen and oxygen atoms in total. The molecule has 0 heterocycles. The first-order valence-corrected chi connectivity index (χ1v) is 6.27. The third-order valence-corrected chi connectivity index (χ3v) is 4.43. The summed E-state index contributed by atoms with van der Waals surface area (Å²) in [6, 6.07) is 0. The molecule has 1 N–H and O–H groups in total. The highest BCUT2D eigenvalue weighted by Crippen LogP contribution is 2.38. The molecule has 0 aliphatic heterocycles. The molecule has 2 unspecified atom stereocenters. The Kier molecular flexibility index (Phi) is 4.60. The number of aliphatic hydroxyl groups is 1. The van der Waals surface area contributed by atoms with Gasteiger partial charge in [-0.3, -0.25) is 0 Å². The number of hydrogen-bond acceptors (Lipinski definition) is 2. The van der Waals surface area contributed by atoms with Crippen molar-refractivity contribution in [2.24, 2.45) is 11.8 Å². The Morgan fingerprint density at radius 3 is 2.27 bits per heavy atom. The van der Waals surface area contributed by atoms with Gasteiger partial charge in [0, 0.05) is 7.11 Å². The zero-order chi connectivity index (χ0) is 11.5. The first-order chi connectivity index (χ1) is 7.02. The van der Waals surface area contributed by atoms with Gasteiger partial charge in [0.25, 0.3) is 0 Å². The molecule has 0 aromatic heterocycles. The van der Waals surface area contributed by atoms with Crippen molar-refractivity contribution in [2.45, 2.75) is 64.6 Å². The Morgan fingerprint density at radius 1 is 1.33 bits per heavy atom. The smallest absolute Gasteiger partial charge is 0.0905 e. The summed E-state index contributed by atoms with van der Waals surface area (Å²) >= 11 is 0. The minimum absolute atomic E-state index is 0.0688. The first kappa shape index (κ1) is 13.0. The maximum absolute atomic E-state index is 10.4. The average Bonchev–Trinajstić information content (AvgIpc) is 2.28. The van der Waals surface area contributed by atoms with Gasteiger partial charge < -0.3 is 9.84 Å². The van der Waals surface area contributed by atoms with Crippen LogP contribution in [0.15, 0.2) is 0 Å². The van der Waals surface area contributed by atoms with Crippen LogP contribution in [-0.4, -0.2) is 23.9 Å². The van der Waals surface area contributed by atoms with Gasteiger partial charge in [-0.15, -0.1) is 0 Å². The molecule has 1 aliphatic rings. The predicted octanol–water partition coefficient (Wildman–Crippen LogP) is 2.99. The Morgan fingerprint density at radius 2 is 1.87 bits per heavy atom. The van der Waals surface area contributed by atoms with Crippen LogP contribution in [0.2, 0.25) is 0 Å². The monoisotopic (exact) mass is 214 g/mol. The van der Waals surface area contributed by atoms with Gasteiger partial charge in [-0.1, -0.05) is 26.2 Å². The van der Waals surface area contributed by atoms with Gasteiger partial charge in [-0.25, -0.2) is 0 Å². The summed E-state index contributed by atoms with van der Waals surface area (Å²) in [6.45, 7) is 6.16. The molecule has 0 spiro atoms. The van der Waals surface area contributed by atoms with Crippen molar-refractivity contribution in [3.8, 4) is 0 Å². The first-order valence-electron chi connectivity index (χ1n) is 6.27. The fourth-order valence-corrected chi connectivity index (χ4v) is 2.73. The Balaban J connectivity index is 2.51. The van der Waals surface area contributed by atoms with Crippen LogP contribution in [0, 0.1) is 11.8 Å². The van der Waals surface area contributed by atoms with Gasteiger partial charge in [-0.05, 0) is 38.5 Å². The normalized spacial score (nSPS) is 33.4. The van der Waals surface area contributed by atoms with Crippen LogP contribution in [0.25, 0.3) is 0 Å². The van der Waals surface area contributed by atoms with Crippen LogP contribution >= 0.6 is 0 Å². The lowest BCUT2D eigenvalue weighted by Crippen LogP contribution is -2.46. The maximum Gasteiger partial charge on any atom is 0.0905 e. The van der Waals surface area contributed by atoms with E-state index in [4.69, 9.17) is 4.74 Å². The van der Waals surface area contributed by atoms with Crippen molar-refractivity contribution in [2.75, 3.05) is 7.11 Å². The Bertz CT molecular complexity index is 181. The van der Waals surface area contributed by atoms with E-state index in [0.717, 1.165) is 18.8 Å². The van der Waals surface area contributed by atoms with Crippen molar-refractivity contribution >= 4 is 0 Å². The van der Waals surface area contributed by atoms with Gasteiger partial charge in [0.2, 0.25) is 0 Å². The molecule has 2 heteroatoms. The molecule has 1 aliphatic carbocycles. The van der Waals surface area contributed by atoms with E-state index in [1.54, 1.807) is 7.11 Å². The van der Waals surface area contributed by atoms with Gasteiger partial charge in [0.15, 0.2) is 0 Å². The third kappa shape index (κ3) is 2.94. The fourth-order valence-electron chi connectivity index (χ4n) is 2.73.